The highest BCUT2D eigenvalue weighted by molar-refractivity contribution is 7.99. The molecule has 1 heterocycles. The van der Waals surface area contributed by atoms with Gasteiger partial charge in [-0.2, -0.15) is 11.8 Å². The van der Waals surface area contributed by atoms with Crippen LogP contribution < -0.4 is 14.8 Å². The molecule has 0 bridgehead atoms. The van der Waals surface area contributed by atoms with Crippen LogP contribution >= 0.6 is 11.8 Å². The zero-order valence-corrected chi connectivity index (χ0v) is 13.6. The standard InChI is InChI=1S/C17H25NO2S/c1-2-21-17-6-3-5-14(17)18-12-13-7-8-15-16(11-13)20-10-4-9-19-15/h7-8,11,14,17-18H,2-6,9-10,12H2,1H3. The molecule has 3 nitrogen and oxygen atoms in total. The topological polar surface area (TPSA) is 30.5 Å². The Hall–Kier alpha value is -0.870. The Morgan fingerprint density at radius 2 is 2.00 bits per heavy atom. The fourth-order valence-corrected chi connectivity index (χ4v) is 4.37. The van der Waals surface area contributed by atoms with Gasteiger partial charge < -0.3 is 14.8 Å². The van der Waals surface area contributed by atoms with Gasteiger partial charge in [0.25, 0.3) is 0 Å². The minimum atomic E-state index is 0.658. The predicted molar refractivity (Wildman–Crippen MR) is 88.4 cm³/mol. The minimum Gasteiger partial charge on any atom is -0.490 e. The lowest BCUT2D eigenvalue weighted by atomic mass is 10.1. The Labute approximate surface area is 131 Å². The van der Waals surface area contributed by atoms with Crippen LogP contribution in [0.2, 0.25) is 0 Å². The molecule has 0 aromatic heterocycles. The Morgan fingerprint density at radius 3 is 2.86 bits per heavy atom. The minimum absolute atomic E-state index is 0.658. The lowest BCUT2D eigenvalue weighted by molar-refractivity contribution is 0.297. The number of fused-ring (bicyclic) bond motifs is 1. The zero-order chi connectivity index (χ0) is 14.5. The third-order valence-corrected chi connectivity index (χ3v) is 5.54. The quantitative estimate of drug-likeness (QED) is 0.900. The van der Waals surface area contributed by atoms with Gasteiger partial charge in [0.15, 0.2) is 11.5 Å². The highest BCUT2D eigenvalue weighted by atomic mass is 32.2. The Morgan fingerprint density at radius 1 is 1.14 bits per heavy atom. The normalized spacial score (nSPS) is 24.8. The molecule has 2 unspecified atom stereocenters. The van der Waals surface area contributed by atoms with Crippen LogP contribution in [0.1, 0.15) is 38.2 Å². The van der Waals surface area contributed by atoms with Crippen LogP contribution in [0.3, 0.4) is 0 Å². The first kappa shape index (κ1) is 15.0. The van der Waals surface area contributed by atoms with Crippen molar-refractivity contribution < 1.29 is 9.47 Å². The summed E-state index contributed by atoms with van der Waals surface area (Å²) in [5.74, 6) is 3.00. The molecule has 4 heteroatoms. The number of rotatable bonds is 5. The first-order valence-corrected chi connectivity index (χ1v) is 9.15. The van der Waals surface area contributed by atoms with Gasteiger partial charge in [-0.05, 0) is 36.3 Å². The summed E-state index contributed by atoms with van der Waals surface area (Å²) < 4.78 is 11.4. The molecule has 1 aromatic carbocycles. The second-order valence-corrected chi connectivity index (χ2v) is 7.26. The van der Waals surface area contributed by atoms with Crippen molar-refractivity contribution in [3.05, 3.63) is 23.8 Å². The molecule has 0 amide bonds. The summed E-state index contributed by atoms with van der Waals surface area (Å²) in [5.41, 5.74) is 1.28. The molecule has 1 aliphatic heterocycles. The van der Waals surface area contributed by atoms with Gasteiger partial charge in [-0.3, -0.25) is 0 Å². The average molecular weight is 307 g/mol. The van der Waals surface area contributed by atoms with Crippen molar-refractivity contribution in [3.63, 3.8) is 0 Å². The fourth-order valence-electron chi connectivity index (χ4n) is 3.14. The SMILES string of the molecule is CCSC1CCCC1NCc1ccc2c(c1)OCCCO2. The van der Waals surface area contributed by atoms with Crippen molar-refractivity contribution in [2.24, 2.45) is 0 Å². The van der Waals surface area contributed by atoms with Crippen LogP contribution in [0.5, 0.6) is 11.5 Å². The maximum atomic E-state index is 5.76. The molecule has 0 radical (unpaired) electrons. The van der Waals surface area contributed by atoms with Crippen molar-refractivity contribution in [1.82, 2.24) is 5.32 Å². The lowest BCUT2D eigenvalue weighted by Crippen LogP contribution is -2.33. The summed E-state index contributed by atoms with van der Waals surface area (Å²) in [5, 5.41) is 4.53. The summed E-state index contributed by atoms with van der Waals surface area (Å²) in [6.07, 6.45) is 4.98. The first-order chi connectivity index (χ1) is 10.4. The molecule has 21 heavy (non-hydrogen) atoms. The number of benzene rings is 1. The Balaban J connectivity index is 1.59. The van der Waals surface area contributed by atoms with E-state index in [4.69, 9.17) is 9.47 Å². The first-order valence-electron chi connectivity index (χ1n) is 8.10. The second-order valence-electron chi connectivity index (χ2n) is 5.74. The molecular formula is C17H25NO2S. The number of hydrogen-bond acceptors (Lipinski definition) is 4. The molecule has 1 aromatic rings. The highest BCUT2D eigenvalue weighted by Gasteiger charge is 2.26. The van der Waals surface area contributed by atoms with Gasteiger partial charge in [0.05, 0.1) is 13.2 Å². The van der Waals surface area contributed by atoms with E-state index in [0.29, 0.717) is 6.04 Å². The maximum Gasteiger partial charge on any atom is 0.161 e. The molecule has 2 aliphatic rings. The molecule has 1 saturated carbocycles. The van der Waals surface area contributed by atoms with Crippen molar-refractivity contribution in [3.8, 4) is 11.5 Å². The van der Waals surface area contributed by atoms with E-state index in [1.165, 1.54) is 30.6 Å². The zero-order valence-electron chi connectivity index (χ0n) is 12.8. The summed E-state index contributed by atoms with van der Waals surface area (Å²) >= 11 is 2.10. The van der Waals surface area contributed by atoms with Gasteiger partial charge in [-0.25, -0.2) is 0 Å². The fraction of sp³-hybridized carbons (Fsp3) is 0.647. The molecular weight excluding hydrogens is 282 g/mol. The Bertz CT molecular complexity index is 466. The molecule has 0 saturated heterocycles. The summed E-state index contributed by atoms with van der Waals surface area (Å²) in [6, 6.07) is 6.98. The summed E-state index contributed by atoms with van der Waals surface area (Å²) in [4.78, 5) is 0. The van der Waals surface area contributed by atoms with Crippen LogP contribution in [-0.2, 0) is 6.54 Å². The number of thioether (sulfide) groups is 1. The van der Waals surface area contributed by atoms with Gasteiger partial charge in [-0.15, -0.1) is 0 Å². The molecule has 1 N–H and O–H groups in total. The Kier molecular flexibility index (Phi) is 5.31. The molecule has 0 spiro atoms. The van der Waals surface area contributed by atoms with E-state index in [-0.39, 0.29) is 0 Å². The molecule has 1 fully saturated rings. The van der Waals surface area contributed by atoms with Crippen LogP contribution in [0.4, 0.5) is 0 Å². The third-order valence-electron chi connectivity index (χ3n) is 4.21. The van der Waals surface area contributed by atoms with Gasteiger partial charge in [0.1, 0.15) is 0 Å². The van der Waals surface area contributed by atoms with Crippen LogP contribution in [0.15, 0.2) is 18.2 Å². The van der Waals surface area contributed by atoms with E-state index in [9.17, 15) is 0 Å². The monoisotopic (exact) mass is 307 g/mol. The summed E-state index contributed by atoms with van der Waals surface area (Å²) in [6.45, 7) is 4.68. The van der Waals surface area contributed by atoms with Gasteiger partial charge in [0.2, 0.25) is 0 Å². The van der Waals surface area contributed by atoms with Crippen molar-refractivity contribution in [1.29, 1.82) is 0 Å². The van der Waals surface area contributed by atoms with Crippen molar-refractivity contribution in [2.75, 3.05) is 19.0 Å². The van der Waals surface area contributed by atoms with E-state index in [0.717, 1.165) is 42.9 Å². The maximum absolute atomic E-state index is 5.76. The smallest absolute Gasteiger partial charge is 0.161 e. The number of nitrogens with one attached hydrogen (secondary N) is 1. The summed E-state index contributed by atoms with van der Waals surface area (Å²) in [7, 11) is 0. The van der Waals surface area contributed by atoms with E-state index in [2.05, 4.69) is 36.1 Å². The number of hydrogen-bond donors (Lipinski definition) is 1. The van der Waals surface area contributed by atoms with E-state index < -0.39 is 0 Å². The molecule has 116 valence electrons. The third kappa shape index (κ3) is 3.86. The molecule has 3 rings (SSSR count). The van der Waals surface area contributed by atoms with E-state index in [1.54, 1.807) is 0 Å². The van der Waals surface area contributed by atoms with Crippen LogP contribution in [-0.4, -0.2) is 30.3 Å². The lowest BCUT2D eigenvalue weighted by Gasteiger charge is -2.20. The van der Waals surface area contributed by atoms with E-state index in [1.807, 2.05) is 6.07 Å². The van der Waals surface area contributed by atoms with Gasteiger partial charge in [-0.1, -0.05) is 19.4 Å². The van der Waals surface area contributed by atoms with Crippen molar-refractivity contribution in [2.45, 2.75) is 50.4 Å². The largest absolute Gasteiger partial charge is 0.490 e. The van der Waals surface area contributed by atoms with Crippen molar-refractivity contribution >= 4 is 11.8 Å². The molecule has 1 aliphatic carbocycles. The van der Waals surface area contributed by atoms with Crippen LogP contribution in [0.25, 0.3) is 0 Å². The second kappa shape index (κ2) is 7.41. The van der Waals surface area contributed by atoms with E-state index >= 15 is 0 Å². The molecule has 2 atom stereocenters. The predicted octanol–water partition coefficient (Wildman–Crippen LogP) is 3.61. The highest BCUT2D eigenvalue weighted by Crippen LogP contribution is 2.32. The van der Waals surface area contributed by atoms with Crippen LogP contribution in [0, 0.1) is 0 Å². The van der Waals surface area contributed by atoms with Gasteiger partial charge >= 0.3 is 0 Å². The number of ether oxygens (including phenoxy) is 2. The van der Waals surface area contributed by atoms with Gasteiger partial charge in [0, 0.05) is 24.3 Å². The average Bonchev–Trinajstić information content (AvgIpc) is 2.81.